The van der Waals surface area contributed by atoms with Crippen LogP contribution in [0.4, 0.5) is 0 Å². The van der Waals surface area contributed by atoms with Crippen molar-refractivity contribution < 1.29 is 23.1 Å². The highest BCUT2D eigenvalue weighted by Gasteiger charge is 2.36. The minimum atomic E-state index is -3.16. The zero-order valence-electron chi connectivity index (χ0n) is 10.2. The van der Waals surface area contributed by atoms with Gasteiger partial charge in [-0.15, -0.1) is 0 Å². The second-order valence-electron chi connectivity index (χ2n) is 4.55. The highest BCUT2D eigenvalue weighted by molar-refractivity contribution is 7.91. The number of nitrogens with zero attached hydrogens (tertiary/aromatic N) is 1. The lowest BCUT2D eigenvalue weighted by Crippen LogP contribution is -2.47. The molecule has 1 aliphatic rings. The normalized spacial score (nSPS) is 23.6. The maximum atomic E-state index is 12.0. The molecule has 0 aromatic heterocycles. The van der Waals surface area contributed by atoms with Crippen LogP contribution in [0.25, 0.3) is 0 Å². The van der Waals surface area contributed by atoms with E-state index in [2.05, 4.69) is 0 Å². The van der Waals surface area contributed by atoms with Gasteiger partial charge in [0, 0.05) is 18.5 Å². The summed E-state index contributed by atoms with van der Waals surface area (Å²) in [7, 11) is -3.16. The van der Waals surface area contributed by atoms with Gasteiger partial charge in [0.25, 0.3) is 0 Å². The fraction of sp³-hybridized carbons (Fsp3) is 0.800. The highest BCUT2D eigenvalue weighted by atomic mass is 32.2. The molecule has 2 atom stereocenters. The highest BCUT2D eigenvalue weighted by Crippen LogP contribution is 2.19. The Kier molecular flexibility index (Phi) is 4.69. The molecule has 8 heteroatoms. The summed E-state index contributed by atoms with van der Waals surface area (Å²) < 4.78 is 22.8. The van der Waals surface area contributed by atoms with Crippen LogP contribution in [0.1, 0.15) is 13.3 Å². The Bertz CT molecular complexity index is 434. The van der Waals surface area contributed by atoms with Crippen LogP contribution in [0.3, 0.4) is 0 Å². The summed E-state index contributed by atoms with van der Waals surface area (Å²) >= 11 is 0. The van der Waals surface area contributed by atoms with Crippen molar-refractivity contribution in [2.24, 2.45) is 11.7 Å². The molecular formula is C10H18N2O5S. The maximum absolute atomic E-state index is 12.0. The third-order valence-corrected chi connectivity index (χ3v) is 4.76. The van der Waals surface area contributed by atoms with Crippen molar-refractivity contribution in [2.75, 3.05) is 24.6 Å². The van der Waals surface area contributed by atoms with Crippen LogP contribution in [0.15, 0.2) is 0 Å². The van der Waals surface area contributed by atoms with Crippen molar-refractivity contribution in [2.45, 2.75) is 19.4 Å². The van der Waals surface area contributed by atoms with Gasteiger partial charge >= 0.3 is 5.97 Å². The fourth-order valence-electron chi connectivity index (χ4n) is 1.94. The van der Waals surface area contributed by atoms with E-state index in [1.807, 2.05) is 0 Å². The van der Waals surface area contributed by atoms with Crippen molar-refractivity contribution in [1.82, 2.24) is 4.90 Å². The molecule has 2 unspecified atom stereocenters. The Morgan fingerprint density at radius 2 is 2.11 bits per heavy atom. The summed E-state index contributed by atoms with van der Waals surface area (Å²) in [5, 5.41) is 8.80. The van der Waals surface area contributed by atoms with E-state index in [0.717, 1.165) is 4.90 Å². The molecule has 18 heavy (non-hydrogen) atoms. The number of carbonyl (C=O) groups is 2. The molecule has 104 valence electrons. The molecule has 1 aliphatic heterocycles. The molecule has 0 aliphatic carbocycles. The van der Waals surface area contributed by atoms with Crippen LogP contribution in [-0.4, -0.2) is 60.9 Å². The van der Waals surface area contributed by atoms with E-state index in [1.54, 1.807) is 6.92 Å². The second-order valence-corrected chi connectivity index (χ2v) is 6.78. The van der Waals surface area contributed by atoms with Crippen molar-refractivity contribution in [3.63, 3.8) is 0 Å². The molecule has 1 heterocycles. The summed E-state index contributed by atoms with van der Waals surface area (Å²) in [6.07, 6.45) is 0.290. The standard InChI is InChI=1S/C10H18N2O5S/c1-7(4-11)10(15)12(5-9(13)14)8-2-3-18(16,17)6-8/h7-8H,2-6,11H2,1H3,(H,13,14). The Morgan fingerprint density at radius 3 is 2.50 bits per heavy atom. The van der Waals surface area contributed by atoms with Crippen LogP contribution >= 0.6 is 0 Å². The minimum absolute atomic E-state index is 0.00191. The summed E-state index contributed by atoms with van der Waals surface area (Å²) in [5.41, 5.74) is 5.38. The number of aliphatic carboxylic acids is 1. The Hall–Kier alpha value is -1.15. The van der Waals surface area contributed by atoms with E-state index in [0.29, 0.717) is 6.42 Å². The van der Waals surface area contributed by atoms with Gasteiger partial charge in [0.1, 0.15) is 6.54 Å². The van der Waals surface area contributed by atoms with Gasteiger partial charge in [0.2, 0.25) is 5.91 Å². The summed E-state index contributed by atoms with van der Waals surface area (Å²) in [6.45, 7) is 1.22. The van der Waals surface area contributed by atoms with E-state index >= 15 is 0 Å². The van der Waals surface area contributed by atoms with E-state index in [4.69, 9.17) is 10.8 Å². The first-order valence-electron chi connectivity index (χ1n) is 5.69. The third-order valence-electron chi connectivity index (χ3n) is 3.01. The maximum Gasteiger partial charge on any atom is 0.323 e. The quantitative estimate of drug-likeness (QED) is 0.644. The Balaban J connectivity index is 2.85. The van der Waals surface area contributed by atoms with Crippen molar-refractivity contribution >= 4 is 21.7 Å². The van der Waals surface area contributed by atoms with Gasteiger partial charge in [-0.05, 0) is 6.42 Å². The average Bonchev–Trinajstić information content (AvgIpc) is 2.64. The van der Waals surface area contributed by atoms with Gasteiger partial charge in [-0.25, -0.2) is 8.42 Å². The molecule has 3 N–H and O–H groups in total. The predicted molar refractivity (Wildman–Crippen MR) is 64.6 cm³/mol. The first-order valence-corrected chi connectivity index (χ1v) is 7.51. The first kappa shape index (κ1) is 14.9. The topological polar surface area (TPSA) is 118 Å². The smallest absolute Gasteiger partial charge is 0.323 e. The number of nitrogens with two attached hydrogens (primary N) is 1. The Morgan fingerprint density at radius 1 is 1.50 bits per heavy atom. The van der Waals surface area contributed by atoms with E-state index in [9.17, 15) is 18.0 Å². The molecule has 1 saturated heterocycles. The molecule has 0 spiro atoms. The van der Waals surface area contributed by atoms with Crippen LogP contribution in [-0.2, 0) is 19.4 Å². The zero-order valence-corrected chi connectivity index (χ0v) is 11.0. The van der Waals surface area contributed by atoms with Gasteiger partial charge in [0.05, 0.1) is 11.5 Å². The number of hydrogen-bond donors (Lipinski definition) is 2. The lowest BCUT2D eigenvalue weighted by Gasteiger charge is -2.28. The van der Waals surface area contributed by atoms with Gasteiger partial charge in [-0.3, -0.25) is 9.59 Å². The molecule has 0 radical (unpaired) electrons. The second kappa shape index (κ2) is 5.66. The largest absolute Gasteiger partial charge is 0.480 e. The molecule has 0 bridgehead atoms. The van der Waals surface area contributed by atoms with Crippen LogP contribution in [0.2, 0.25) is 0 Å². The molecule has 1 amide bonds. The number of hydrogen-bond acceptors (Lipinski definition) is 5. The molecule has 0 saturated carbocycles. The number of carbonyl (C=O) groups excluding carboxylic acids is 1. The van der Waals surface area contributed by atoms with Gasteiger partial charge in [0.15, 0.2) is 9.84 Å². The van der Waals surface area contributed by atoms with Crippen molar-refractivity contribution in [1.29, 1.82) is 0 Å². The van der Waals surface area contributed by atoms with E-state index in [-0.39, 0.29) is 18.1 Å². The Labute approximate surface area is 106 Å². The lowest BCUT2D eigenvalue weighted by atomic mass is 10.1. The van der Waals surface area contributed by atoms with Crippen LogP contribution in [0, 0.1) is 5.92 Å². The third kappa shape index (κ3) is 3.67. The lowest BCUT2D eigenvalue weighted by molar-refractivity contribution is -0.147. The summed E-state index contributed by atoms with van der Waals surface area (Å²) in [5.74, 6) is -2.23. The number of amides is 1. The van der Waals surface area contributed by atoms with Crippen molar-refractivity contribution in [3.05, 3.63) is 0 Å². The van der Waals surface area contributed by atoms with Gasteiger partial charge in [-0.2, -0.15) is 0 Å². The van der Waals surface area contributed by atoms with Gasteiger partial charge in [-0.1, -0.05) is 6.92 Å². The molecule has 0 aromatic carbocycles. The molecule has 1 fully saturated rings. The SMILES string of the molecule is CC(CN)C(=O)N(CC(=O)O)C1CCS(=O)(=O)C1. The number of sulfone groups is 1. The minimum Gasteiger partial charge on any atom is -0.480 e. The zero-order chi connectivity index (χ0) is 13.9. The molecule has 1 rings (SSSR count). The number of carboxylic acids is 1. The monoisotopic (exact) mass is 278 g/mol. The molecular weight excluding hydrogens is 260 g/mol. The van der Waals surface area contributed by atoms with E-state index in [1.165, 1.54) is 0 Å². The molecule has 0 aromatic rings. The van der Waals surface area contributed by atoms with E-state index < -0.39 is 40.2 Å². The number of rotatable bonds is 5. The summed E-state index contributed by atoms with van der Waals surface area (Å²) in [4.78, 5) is 23.9. The van der Waals surface area contributed by atoms with Crippen molar-refractivity contribution in [3.8, 4) is 0 Å². The fourth-order valence-corrected chi connectivity index (χ4v) is 3.67. The summed E-state index contributed by atoms with van der Waals surface area (Å²) in [6, 6.07) is -0.549. The van der Waals surface area contributed by atoms with Crippen LogP contribution in [0.5, 0.6) is 0 Å². The molecule has 7 nitrogen and oxygen atoms in total. The van der Waals surface area contributed by atoms with Crippen LogP contribution < -0.4 is 5.73 Å². The first-order chi connectivity index (χ1) is 8.26. The van der Waals surface area contributed by atoms with Gasteiger partial charge < -0.3 is 15.7 Å². The predicted octanol–water partition coefficient (Wildman–Crippen LogP) is -1.32. The average molecular weight is 278 g/mol. The number of carboxylic acid groups (broad SMARTS) is 1.